The van der Waals surface area contributed by atoms with E-state index in [1.54, 1.807) is 0 Å². The first-order valence-electron chi connectivity index (χ1n) is 4.57. The van der Waals surface area contributed by atoms with Crippen molar-refractivity contribution in [1.29, 1.82) is 0 Å². The molecule has 2 rings (SSSR count). The first-order chi connectivity index (χ1) is 4.83. The van der Waals surface area contributed by atoms with Crippen molar-refractivity contribution in [1.82, 2.24) is 4.90 Å². The summed E-state index contributed by atoms with van der Waals surface area (Å²) in [6, 6.07) is 0.907. The zero-order valence-electron chi connectivity index (χ0n) is 7.01. The van der Waals surface area contributed by atoms with E-state index in [2.05, 4.69) is 18.7 Å². The minimum Gasteiger partial charge on any atom is -0.300 e. The van der Waals surface area contributed by atoms with E-state index in [1.807, 2.05) is 0 Å². The third-order valence-corrected chi connectivity index (χ3v) is 3.15. The fourth-order valence-electron chi connectivity index (χ4n) is 2.39. The quantitative estimate of drug-likeness (QED) is 0.563. The molecule has 3 unspecified atom stereocenters. The van der Waals surface area contributed by atoms with Gasteiger partial charge in [0.1, 0.15) is 0 Å². The Bertz CT molecular complexity index is 133. The second kappa shape index (κ2) is 2.23. The SMILES string of the molecule is CCCN1CC2CC2C1C. The van der Waals surface area contributed by atoms with Gasteiger partial charge in [-0.15, -0.1) is 0 Å². The largest absolute Gasteiger partial charge is 0.300 e. The summed E-state index contributed by atoms with van der Waals surface area (Å²) >= 11 is 0. The Balaban J connectivity index is 1.88. The molecule has 0 spiro atoms. The molecule has 1 nitrogen and oxygen atoms in total. The number of nitrogens with zero attached hydrogens (tertiary/aromatic N) is 1. The van der Waals surface area contributed by atoms with Gasteiger partial charge < -0.3 is 4.90 Å². The van der Waals surface area contributed by atoms with E-state index in [0.29, 0.717) is 0 Å². The molecule has 1 saturated heterocycles. The van der Waals surface area contributed by atoms with Gasteiger partial charge in [0.2, 0.25) is 0 Å². The summed E-state index contributed by atoms with van der Waals surface area (Å²) in [7, 11) is 0. The van der Waals surface area contributed by atoms with Crippen LogP contribution in [0.2, 0.25) is 0 Å². The van der Waals surface area contributed by atoms with E-state index in [4.69, 9.17) is 0 Å². The Morgan fingerprint density at radius 1 is 1.50 bits per heavy atom. The zero-order chi connectivity index (χ0) is 7.14. The highest BCUT2D eigenvalue weighted by Gasteiger charge is 2.49. The van der Waals surface area contributed by atoms with Crippen molar-refractivity contribution in [2.45, 2.75) is 32.7 Å². The summed E-state index contributed by atoms with van der Waals surface area (Å²) in [5.74, 6) is 2.19. The van der Waals surface area contributed by atoms with Crippen LogP contribution in [0.4, 0.5) is 0 Å². The first-order valence-corrected chi connectivity index (χ1v) is 4.57. The van der Waals surface area contributed by atoms with Crippen LogP contribution in [0.1, 0.15) is 26.7 Å². The standard InChI is InChI=1S/C9H17N/c1-3-4-10-6-8-5-9(8)7(10)2/h7-9H,3-6H2,1-2H3. The van der Waals surface area contributed by atoms with Crippen molar-refractivity contribution >= 4 is 0 Å². The van der Waals surface area contributed by atoms with Crippen LogP contribution < -0.4 is 0 Å². The Labute approximate surface area is 63.4 Å². The molecule has 58 valence electrons. The topological polar surface area (TPSA) is 3.24 Å². The lowest BCUT2D eigenvalue weighted by atomic mass is 10.2. The molecule has 0 N–H and O–H groups in total. The predicted octanol–water partition coefficient (Wildman–Crippen LogP) is 1.74. The van der Waals surface area contributed by atoms with Crippen LogP contribution in [0.3, 0.4) is 0 Å². The minimum atomic E-state index is 0.907. The van der Waals surface area contributed by atoms with Gasteiger partial charge in [-0.3, -0.25) is 0 Å². The number of hydrogen-bond acceptors (Lipinski definition) is 1. The second-order valence-corrected chi connectivity index (χ2v) is 3.90. The van der Waals surface area contributed by atoms with Gasteiger partial charge in [-0.1, -0.05) is 6.92 Å². The third kappa shape index (κ3) is 0.878. The summed E-state index contributed by atoms with van der Waals surface area (Å²) in [6.45, 7) is 7.40. The van der Waals surface area contributed by atoms with E-state index >= 15 is 0 Å². The van der Waals surface area contributed by atoms with Crippen LogP contribution in [0.25, 0.3) is 0 Å². The van der Waals surface area contributed by atoms with Crippen LogP contribution in [0.5, 0.6) is 0 Å². The van der Waals surface area contributed by atoms with E-state index in [1.165, 1.54) is 25.9 Å². The summed E-state index contributed by atoms with van der Waals surface area (Å²) in [4.78, 5) is 2.65. The fourth-order valence-corrected chi connectivity index (χ4v) is 2.39. The Morgan fingerprint density at radius 2 is 2.30 bits per heavy atom. The maximum Gasteiger partial charge on any atom is 0.00985 e. The van der Waals surface area contributed by atoms with Crippen LogP contribution >= 0.6 is 0 Å². The molecular weight excluding hydrogens is 122 g/mol. The molecule has 1 saturated carbocycles. The van der Waals surface area contributed by atoms with Gasteiger partial charge in [-0.05, 0) is 38.1 Å². The average Bonchev–Trinajstić information content (AvgIpc) is 2.60. The molecule has 0 amide bonds. The number of fused-ring (bicyclic) bond motifs is 1. The Hall–Kier alpha value is -0.0400. The van der Waals surface area contributed by atoms with Crippen molar-refractivity contribution in [2.75, 3.05) is 13.1 Å². The number of hydrogen-bond donors (Lipinski definition) is 0. The number of likely N-dealkylation sites (tertiary alicyclic amines) is 1. The molecule has 1 heteroatoms. The van der Waals surface area contributed by atoms with Gasteiger partial charge in [0.15, 0.2) is 0 Å². The van der Waals surface area contributed by atoms with Gasteiger partial charge in [0, 0.05) is 12.6 Å². The van der Waals surface area contributed by atoms with Crippen molar-refractivity contribution in [3.05, 3.63) is 0 Å². The molecule has 0 aromatic heterocycles. The smallest absolute Gasteiger partial charge is 0.00985 e. The van der Waals surface area contributed by atoms with Gasteiger partial charge >= 0.3 is 0 Å². The van der Waals surface area contributed by atoms with E-state index in [0.717, 1.165) is 17.9 Å². The predicted molar refractivity (Wildman–Crippen MR) is 42.9 cm³/mol. The summed E-state index contributed by atoms with van der Waals surface area (Å²) in [5.41, 5.74) is 0. The molecule has 1 aliphatic carbocycles. The molecule has 1 heterocycles. The molecule has 2 fully saturated rings. The summed E-state index contributed by atoms with van der Waals surface area (Å²) < 4.78 is 0. The van der Waals surface area contributed by atoms with Gasteiger partial charge in [-0.2, -0.15) is 0 Å². The minimum absolute atomic E-state index is 0.907. The zero-order valence-corrected chi connectivity index (χ0v) is 7.01. The molecule has 0 radical (unpaired) electrons. The van der Waals surface area contributed by atoms with Gasteiger partial charge in [0.05, 0.1) is 0 Å². The highest BCUT2D eigenvalue weighted by atomic mass is 15.2. The summed E-state index contributed by atoms with van der Waals surface area (Å²) in [5, 5.41) is 0. The molecule has 0 aromatic rings. The second-order valence-electron chi connectivity index (χ2n) is 3.90. The molecule has 3 atom stereocenters. The lowest BCUT2D eigenvalue weighted by Gasteiger charge is -2.22. The van der Waals surface area contributed by atoms with Gasteiger partial charge in [0.25, 0.3) is 0 Å². The Morgan fingerprint density at radius 3 is 2.80 bits per heavy atom. The monoisotopic (exact) mass is 139 g/mol. The average molecular weight is 139 g/mol. The van der Waals surface area contributed by atoms with Crippen LogP contribution in [0.15, 0.2) is 0 Å². The Kier molecular flexibility index (Phi) is 1.48. The molecular formula is C9H17N. The third-order valence-electron chi connectivity index (χ3n) is 3.15. The number of rotatable bonds is 2. The fraction of sp³-hybridized carbons (Fsp3) is 1.00. The molecule has 0 aromatic carbocycles. The summed E-state index contributed by atoms with van der Waals surface area (Å²) in [6.07, 6.45) is 2.85. The van der Waals surface area contributed by atoms with Gasteiger partial charge in [-0.25, -0.2) is 0 Å². The van der Waals surface area contributed by atoms with E-state index in [-0.39, 0.29) is 0 Å². The molecule has 2 aliphatic rings. The van der Waals surface area contributed by atoms with Crippen molar-refractivity contribution < 1.29 is 0 Å². The van der Waals surface area contributed by atoms with E-state index in [9.17, 15) is 0 Å². The van der Waals surface area contributed by atoms with Crippen molar-refractivity contribution in [3.8, 4) is 0 Å². The first kappa shape index (κ1) is 6.66. The molecule has 0 bridgehead atoms. The normalized spacial score (nSPS) is 45.6. The van der Waals surface area contributed by atoms with E-state index < -0.39 is 0 Å². The van der Waals surface area contributed by atoms with Crippen molar-refractivity contribution in [2.24, 2.45) is 11.8 Å². The maximum absolute atomic E-state index is 2.65. The lowest BCUT2D eigenvalue weighted by Crippen LogP contribution is -2.31. The highest BCUT2D eigenvalue weighted by Crippen LogP contribution is 2.49. The maximum atomic E-state index is 2.65. The van der Waals surface area contributed by atoms with Crippen LogP contribution in [0, 0.1) is 11.8 Å². The van der Waals surface area contributed by atoms with Crippen LogP contribution in [-0.2, 0) is 0 Å². The molecule has 10 heavy (non-hydrogen) atoms. The van der Waals surface area contributed by atoms with Crippen LogP contribution in [-0.4, -0.2) is 24.0 Å². The highest BCUT2D eigenvalue weighted by molar-refractivity contribution is 5.01. The lowest BCUT2D eigenvalue weighted by molar-refractivity contribution is 0.234. The molecule has 1 aliphatic heterocycles. The number of piperidine rings is 1. The van der Waals surface area contributed by atoms with Crippen molar-refractivity contribution in [3.63, 3.8) is 0 Å².